The molecule has 1 aromatic carbocycles. The number of benzene rings is 1. The Morgan fingerprint density at radius 3 is 2.40 bits per heavy atom. The van der Waals surface area contributed by atoms with Gasteiger partial charge in [-0.05, 0) is 50.6 Å². The summed E-state index contributed by atoms with van der Waals surface area (Å²) in [5.74, 6) is -1.39. The standard InChI is InChI=1S/C15H20N2O3/c1-11(15(19)20)16-14(18)13-6-4-12(5-7-13)10-17-8-2-3-9-17/h4-7,11H,2-3,8-10H2,1H3,(H,16,18)(H,19,20). The number of carbonyl (C=O) groups is 2. The molecule has 1 fully saturated rings. The number of carboxylic acid groups (broad SMARTS) is 1. The van der Waals surface area contributed by atoms with Gasteiger partial charge in [-0.25, -0.2) is 0 Å². The molecule has 1 unspecified atom stereocenters. The van der Waals surface area contributed by atoms with Gasteiger partial charge in [0, 0.05) is 12.1 Å². The zero-order valence-corrected chi connectivity index (χ0v) is 11.6. The van der Waals surface area contributed by atoms with E-state index in [0.717, 1.165) is 19.6 Å². The fourth-order valence-corrected chi connectivity index (χ4v) is 2.30. The van der Waals surface area contributed by atoms with Crippen molar-refractivity contribution in [3.05, 3.63) is 35.4 Å². The third kappa shape index (κ3) is 3.81. The van der Waals surface area contributed by atoms with Crippen LogP contribution in [0.2, 0.25) is 0 Å². The van der Waals surface area contributed by atoms with E-state index in [2.05, 4.69) is 10.2 Å². The Balaban J connectivity index is 1.93. The van der Waals surface area contributed by atoms with Gasteiger partial charge in [0.2, 0.25) is 0 Å². The third-order valence-electron chi connectivity index (χ3n) is 3.54. The molecule has 0 radical (unpaired) electrons. The number of amides is 1. The largest absolute Gasteiger partial charge is 0.480 e. The Kier molecular flexibility index (Phi) is 4.74. The zero-order chi connectivity index (χ0) is 14.5. The minimum Gasteiger partial charge on any atom is -0.480 e. The van der Waals surface area contributed by atoms with E-state index in [9.17, 15) is 9.59 Å². The summed E-state index contributed by atoms with van der Waals surface area (Å²) < 4.78 is 0. The van der Waals surface area contributed by atoms with Crippen molar-refractivity contribution in [2.24, 2.45) is 0 Å². The van der Waals surface area contributed by atoms with Crippen molar-refractivity contribution in [2.45, 2.75) is 32.4 Å². The molecule has 1 amide bonds. The molecule has 1 aliphatic rings. The molecule has 0 bridgehead atoms. The molecule has 1 aliphatic heterocycles. The van der Waals surface area contributed by atoms with Crippen molar-refractivity contribution < 1.29 is 14.7 Å². The topological polar surface area (TPSA) is 69.6 Å². The van der Waals surface area contributed by atoms with Crippen molar-refractivity contribution in [3.8, 4) is 0 Å². The van der Waals surface area contributed by atoms with Crippen LogP contribution in [0.25, 0.3) is 0 Å². The number of aliphatic carboxylic acids is 1. The van der Waals surface area contributed by atoms with Crippen LogP contribution in [-0.2, 0) is 11.3 Å². The lowest BCUT2D eigenvalue weighted by Crippen LogP contribution is -2.38. The number of nitrogens with one attached hydrogen (secondary N) is 1. The van der Waals surface area contributed by atoms with E-state index in [-0.39, 0.29) is 5.91 Å². The van der Waals surface area contributed by atoms with Gasteiger partial charge in [0.25, 0.3) is 5.91 Å². The van der Waals surface area contributed by atoms with E-state index < -0.39 is 12.0 Å². The fourth-order valence-electron chi connectivity index (χ4n) is 2.30. The van der Waals surface area contributed by atoms with E-state index in [0.29, 0.717) is 5.56 Å². The molecule has 1 saturated heterocycles. The molecule has 2 N–H and O–H groups in total. The minimum atomic E-state index is -1.04. The molecule has 1 heterocycles. The van der Waals surface area contributed by atoms with Gasteiger partial charge in [0.1, 0.15) is 6.04 Å². The average Bonchev–Trinajstić information content (AvgIpc) is 2.92. The Bertz CT molecular complexity index is 478. The zero-order valence-electron chi connectivity index (χ0n) is 11.6. The monoisotopic (exact) mass is 276 g/mol. The lowest BCUT2D eigenvalue weighted by molar-refractivity contribution is -0.138. The molecular formula is C15H20N2O3. The van der Waals surface area contributed by atoms with Gasteiger partial charge in [-0.2, -0.15) is 0 Å². The fraction of sp³-hybridized carbons (Fsp3) is 0.467. The SMILES string of the molecule is CC(NC(=O)c1ccc(CN2CCCC2)cc1)C(=O)O. The third-order valence-corrected chi connectivity index (χ3v) is 3.54. The van der Waals surface area contributed by atoms with Crippen LogP contribution in [0, 0.1) is 0 Å². The molecular weight excluding hydrogens is 256 g/mol. The lowest BCUT2D eigenvalue weighted by atomic mass is 10.1. The molecule has 20 heavy (non-hydrogen) atoms. The summed E-state index contributed by atoms with van der Waals surface area (Å²) in [6.45, 7) is 4.63. The molecule has 1 atom stereocenters. The van der Waals surface area contributed by atoms with E-state index in [4.69, 9.17) is 5.11 Å². The van der Waals surface area contributed by atoms with Gasteiger partial charge < -0.3 is 10.4 Å². The summed E-state index contributed by atoms with van der Waals surface area (Å²) in [6, 6.07) is 6.47. The maximum absolute atomic E-state index is 11.8. The summed E-state index contributed by atoms with van der Waals surface area (Å²) >= 11 is 0. The van der Waals surface area contributed by atoms with Crippen LogP contribution in [0.15, 0.2) is 24.3 Å². The van der Waals surface area contributed by atoms with Gasteiger partial charge in [-0.1, -0.05) is 12.1 Å². The average molecular weight is 276 g/mol. The molecule has 0 aromatic heterocycles. The van der Waals surface area contributed by atoms with Crippen LogP contribution in [0.5, 0.6) is 0 Å². The maximum Gasteiger partial charge on any atom is 0.325 e. The molecule has 0 aliphatic carbocycles. The first-order chi connectivity index (χ1) is 9.56. The highest BCUT2D eigenvalue weighted by Crippen LogP contribution is 2.13. The maximum atomic E-state index is 11.8. The van der Waals surface area contributed by atoms with Gasteiger partial charge >= 0.3 is 5.97 Å². The van der Waals surface area contributed by atoms with Crippen LogP contribution in [0.4, 0.5) is 0 Å². The summed E-state index contributed by atoms with van der Waals surface area (Å²) in [5.41, 5.74) is 1.66. The number of carboxylic acids is 1. The Labute approximate surface area is 118 Å². The normalized spacial score (nSPS) is 16.9. The second-order valence-corrected chi connectivity index (χ2v) is 5.21. The van der Waals surface area contributed by atoms with Gasteiger partial charge in [-0.3, -0.25) is 14.5 Å². The highest BCUT2D eigenvalue weighted by atomic mass is 16.4. The summed E-state index contributed by atoms with van der Waals surface area (Å²) in [6.07, 6.45) is 2.52. The van der Waals surface area contributed by atoms with Crippen molar-refractivity contribution in [1.29, 1.82) is 0 Å². The van der Waals surface area contributed by atoms with Gasteiger partial charge in [0.15, 0.2) is 0 Å². The minimum absolute atomic E-state index is 0.354. The quantitative estimate of drug-likeness (QED) is 0.854. The molecule has 0 saturated carbocycles. The first-order valence-electron chi connectivity index (χ1n) is 6.91. The molecule has 5 nitrogen and oxygen atoms in total. The van der Waals surface area contributed by atoms with E-state index in [1.807, 2.05) is 12.1 Å². The van der Waals surface area contributed by atoms with E-state index in [1.54, 1.807) is 12.1 Å². The lowest BCUT2D eigenvalue weighted by Gasteiger charge is -2.15. The van der Waals surface area contributed by atoms with Crippen LogP contribution in [0.1, 0.15) is 35.7 Å². The van der Waals surface area contributed by atoms with Crippen molar-refractivity contribution >= 4 is 11.9 Å². The second kappa shape index (κ2) is 6.52. The van der Waals surface area contributed by atoms with Crippen molar-refractivity contribution in [2.75, 3.05) is 13.1 Å². The van der Waals surface area contributed by atoms with Crippen LogP contribution in [-0.4, -0.2) is 41.0 Å². The number of likely N-dealkylation sites (tertiary alicyclic amines) is 1. The van der Waals surface area contributed by atoms with Crippen LogP contribution >= 0.6 is 0 Å². The number of hydrogen-bond donors (Lipinski definition) is 2. The van der Waals surface area contributed by atoms with E-state index >= 15 is 0 Å². The van der Waals surface area contributed by atoms with Crippen molar-refractivity contribution in [1.82, 2.24) is 10.2 Å². The number of carbonyl (C=O) groups excluding carboxylic acids is 1. The highest BCUT2D eigenvalue weighted by molar-refractivity contribution is 5.96. The Morgan fingerprint density at radius 2 is 1.85 bits per heavy atom. The summed E-state index contributed by atoms with van der Waals surface area (Å²) in [7, 11) is 0. The molecule has 0 spiro atoms. The van der Waals surface area contributed by atoms with Crippen LogP contribution in [0.3, 0.4) is 0 Å². The molecule has 5 heteroatoms. The van der Waals surface area contributed by atoms with Gasteiger partial charge in [-0.15, -0.1) is 0 Å². The smallest absolute Gasteiger partial charge is 0.325 e. The van der Waals surface area contributed by atoms with E-state index in [1.165, 1.54) is 25.3 Å². The molecule has 1 aromatic rings. The Morgan fingerprint density at radius 1 is 1.25 bits per heavy atom. The number of nitrogens with zero attached hydrogens (tertiary/aromatic N) is 1. The number of hydrogen-bond acceptors (Lipinski definition) is 3. The van der Waals surface area contributed by atoms with Crippen LogP contribution < -0.4 is 5.32 Å². The molecule has 108 valence electrons. The summed E-state index contributed by atoms with van der Waals surface area (Å²) in [4.78, 5) is 24.9. The molecule has 2 rings (SSSR count). The number of rotatable bonds is 5. The second-order valence-electron chi connectivity index (χ2n) is 5.21. The predicted octanol–water partition coefficient (Wildman–Crippen LogP) is 1.49. The first-order valence-corrected chi connectivity index (χ1v) is 6.91. The first kappa shape index (κ1) is 14.5. The van der Waals surface area contributed by atoms with Crippen molar-refractivity contribution in [3.63, 3.8) is 0 Å². The Hall–Kier alpha value is -1.88. The predicted molar refractivity (Wildman–Crippen MR) is 75.5 cm³/mol. The van der Waals surface area contributed by atoms with Gasteiger partial charge in [0.05, 0.1) is 0 Å². The summed E-state index contributed by atoms with van der Waals surface area (Å²) in [5, 5.41) is 11.2. The highest BCUT2D eigenvalue weighted by Gasteiger charge is 2.15.